The van der Waals surface area contributed by atoms with E-state index in [4.69, 9.17) is 19.6 Å². The molecule has 1 fully saturated rings. The van der Waals surface area contributed by atoms with Gasteiger partial charge in [-0.1, -0.05) is 0 Å². The predicted molar refractivity (Wildman–Crippen MR) is 60.0 cm³/mol. The zero-order chi connectivity index (χ0) is 11.4. The van der Waals surface area contributed by atoms with E-state index in [0.29, 0.717) is 19.3 Å². The van der Waals surface area contributed by atoms with Crippen molar-refractivity contribution < 1.29 is 13.9 Å². The minimum absolute atomic E-state index is 0.323. The lowest BCUT2D eigenvalue weighted by molar-refractivity contribution is -0.0393. The van der Waals surface area contributed by atoms with Crippen molar-refractivity contribution in [3.05, 3.63) is 23.2 Å². The summed E-state index contributed by atoms with van der Waals surface area (Å²) in [5.74, 6) is 1.73. The van der Waals surface area contributed by atoms with Crippen molar-refractivity contribution in [1.29, 1.82) is 0 Å². The summed E-state index contributed by atoms with van der Waals surface area (Å²) in [6.07, 6.45) is 2.30. The van der Waals surface area contributed by atoms with E-state index in [1.54, 1.807) is 0 Å². The molecule has 1 aliphatic heterocycles. The van der Waals surface area contributed by atoms with E-state index in [0.717, 1.165) is 43.1 Å². The summed E-state index contributed by atoms with van der Waals surface area (Å²) < 4.78 is 16.6. The lowest BCUT2D eigenvalue weighted by Gasteiger charge is -2.22. The molecule has 16 heavy (non-hydrogen) atoms. The Morgan fingerprint density at radius 2 is 2.19 bits per heavy atom. The van der Waals surface area contributed by atoms with Crippen molar-refractivity contribution in [3.63, 3.8) is 0 Å². The van der Waals surface area contributed by atoms with Crippen LogP contribution in [0.2, 0.25) is 0 Å². The van der Waals surface area contributed by atoms with Crippen molar-refractivity contribution in [2.75, 3.05) is 13.2 Å². The van der Waals surface area contributed by atoms with Crippen LogP contribution in [0.5, 0.6) is 0 Å². The van der Waals surface area contributed by atoms with Crippen LogP contribution in [0.4, 0.5) is 0 Å². The standard InChI is InChI=1S/C12H19NO3/c1-9-10(6-12(7-13)16-9)8-15-11-2-4-14-5-3-11/h6,11H,2-5,7-8,13H2,1H3. The third kappa shape index (κ3) is 2.84. The summed E-state index contributed by atoms with van der Waals surface area (Å²) in [6, 6.07) is 1.98. The zero-order valence-electron chi connectivity index (χ0n) is 9.70. The normalized spacial score (nSPS) is 17.9. The molecule has 1 aromatic rings. The van der Waals surface area contributed by atoms with Crippen LogP contribution in [0.3, 0.4) is 0 Å². The van der Waals surface area contributed by atoms with Gasteiger partial charge in [0.15, 0.2) is 0 Å². The van der Waals surface area contributed by atoms with Gasteiger partial charge in [0.05, 0.1) is 19.3 Å². The van der Waals surface area contributed by atoms with Crippen LogP contribution in [0.1, 0.15) is 29.9 Å². The molecule has 0 unspecified atom stereocenters. The third-order valence-electron chi connectivity index (χ3n) is 2.92. The van der Waals surface area contributed by atoms with Gasteiger partial charge in [0.1, 0.15) is 11.5 Å². The van der Waals surface area contributed by atoms with E-state index >= 15 is 0 Å². The first-order valence-corrected chi connectivity index (χ1v) is 5.77. The fourth-order valence-corrected chi connectivity index (χ4v) is 1.88. The first kappa shape index (κ1) is 11.6. The lowest BCUT2D eigenvalue weighted by atomic mass is 10.1. The molecule has 0 saturated carbocycles. The van der Waals surface area contributed by atoms with E-state index in [-0.39, 0.29) is 0 Å². The Kier molecular flexibility index (Phi) is 3.98. The van der Waals surface area contributed by atoms with Crippen LogP contribution >= 0.6 is 0 Å². The molecule has 90 valence electrons. The molecular formula is C12H19NO3. The van der Waals surface area contributed by atoms with Crippen molar-refractivity contribution >= 4 is 0 Å². The van der Waals surface area contributed by atoms with Crippen LogP contribution in [0, 0.1) is 6.92 Å². The third-order valence-corrected chi connectivity index (χ3v) is 2.92. The molecule has 4 heteroatoms. The Bertz CT molecular complexity index is 329. The topological polar surface area (TPSA) is 57.6 Å². The molecule has 0 bridgehead atoms. The highest BCUT2D eigenvalue weighted by Gasteiger charge is 2.15. The SMILES string of the molecule is Cc1oc(CN)cc1COC1CCOCC1. The van der Waals surface area contributed by atoms with Crippen molar-refractivity contribution in [2.45, 2.75) is 39.0 Å². The molecule has 1 aliphatic rings. The van der Waals surface area contributed by atoms with Crippen LogP contribution in [0.15, 0.2) is 10.5 Å². The average molecular weight is 225 g/mol. The summed E-state index contributed by atoms with van der Waals surface area (Å²) >= 11 is 0. The van der Waals surface area contributed by atoms with Gasteiger partial charge in [-0.25, -0.2) is 0 Å². The predicted octanol–water partition coefficient (Wildman–Crippen LogP) is 1.74. The van der Waals surface area contributed by atoms with Gasteiger partial charge in [0.25, 0.3) is 0 Å². The fourth-order valence-electron chi connectivity index (χ4n) is 1.88. The number of hydrogen-bond acceptors (Lipinski definition) is 4. The maximum absolute atomic E-state index is 5.83. The van der Waals surface area contributed by atoms with Gasteiger partial charge in [-0.2, -0.15) is 0 Å². The summed E-state index contributed by atoms with van der Waals surface area (Å²) in [5, 5.41) is 0. The van der Waals surface area contributed by atoms with E-state index in [1.165, 1.54) is 0 Å². The van der Waals surface area contributed by atoms with Gasteiger partial charge in [0, 0.05) is 18.8 Å². The second kappa shape index (κ2) is 5.48. The summed E-state index contributed by atoms with van der Waals surface area (Å²) in [7, 11) is 0. The highest BCUT2D eigenvalue weighted by molar-refractivity contribution is 5.19. The molecule has 0 aliphatic carbocycles. The van der Waals surface area contributed by atoms with E-state index in [9.17, 15) is 0 Å². The smallest absolute Gasteiger partial charge is 0.118 e. The molecule has 0 spiro atoms. The molecule has 0 amide bonds. The molecule has 2 heterocycles. The molecule has 1 aromatic heterocycles. The number of aryl methyl sites for hydroxylation is 1. The number of furan rings is 1. The monoisotopic (exact) mass is 225 g/mol. The van der Waals surface area contributed by atoms with Gasteiger partial charge in [-0.3, -0.25) is 0 Å². The first-order chi connectivity index (χ1) is 7.79. The largest absolute Gasteiger partial charge is 0.465 e. The molecular weight excluding hydrogens is 206 g/mol. The van der Waals surface area contributed by atoms with E-state index < -0.39 is 0 Å². The number of nitrogens with two attached hydrogens (primary N) is 1. The van der Waals surface area contributed by atoms with Gasteiger partial charge < -0.3 is 19.6 Å². The highest BCUT2D eigenvalue weighted by atomic mass is 16.5. The van der Waals surface area contributed by atoms with Crippen LogP contribution in [-0.4, -0.2) is 19.3 Å². The zero-order valence-corrected chi connectivity index (χ0v) is 9.70. The second-order valence-electron chi connectivity index (χ2n) is 4.12. The number of hydrogen-bond donors (Lipinski definition) is 1. The maximum Gasteiger partial charge on any atom is 0.118 e. The Balaban J connectivity index is 1.85. The molecule has 2 rings (SSSR count). The molecule has 0 aromatic carbocycles. The van der Waals surface area contributed by atoms with Gasteiger partial charge in [-0.05, 0) is 25.8 Å². The Labute approximate surface area is 95.7 Å². The summed E-state index contributed by atoms with van der Waals surface area (Å²) in [6.45, 7) is 4.62. The number of rotatable bonds is 4. The maximum atomic E-state index is 5.83. The van der Waals surface area contributed by atoms with Crippen LogP contribution in [-0.2, 0) is 22.6 Å². The molecule has 0 radical (unpaired) electrons. The van der Waals surface area contributed by atoms with E-state index in [2.05, 4.69) is 0 Å². The molecule has 2 N–H and O–H groups in total. The van der Waals surface area contributed by atoms with Gasteiger partial charge in [0.2, 0.25) is 0 Å². The quantitative estimate of drug-likeness (QED) is 0.848. The Morgan fingerprint density at radius 1 is 1.44 bits per heavy atom. The highest BCUT2D eigenvalue weighted by Crippen LogP contribution is 2.18. The molecule has 1 saturated heterocycles. The first-order valence-electron chi connectivity index (χ1n) is 5.77. The van der Waals surface area contributed by atoms with Gasteiger partial charge >= 0.3 is 0 Å². The summed E-state index contributed by atoms with van der Waals surface area (Å²) in [5.41, 5.74) is 6.62. The van der Waals surface area contributed by atoms with Crippen LogP contribution < -0.4 is 5.73 Å². The van der Waals surface area contributed by atoms with Crippen LogP contribution in [0.25, 0.3) is 0 Å². The summed E-state index contributed by atoms with van der Waals surface area (Å²) in [4.78, 5) is 0. The Hall–Kier alpha value is -0.840. The minimum atomic E-state index is 0.323. The molecule has 4 nitrogen and oxygen atoms in total. The second-order valence-corrected chi connectivity index (χ2v) is 4.12. The Morgan fingerprint density at radius 3 is 2.81 bits per heavy atom. The van der Waals surface area contributed by atoms with E-state index in [1.807, 2.05) is 13.0 Å². The minimum Gasteiger partial charge on any atom is -0.465 e. The molecule has 0 atom stereocenters. The van der Waals surface area contributed by atoms with Crippen molar-refractivity contribution in [3.8, 4) is 0 Å². The fraction of sp³-hybridized carbons (Fsp3) is 0.667. The van der Waals surface area contributed by atoms with Crippen molar-refractivity contribution in [2.24, 2.45) is 5.73 Å². The van der Waals surface area contributed by atoms with Crippen molar-refractivity contribution in [1.82, 2.24) is 0 Å². The number of ether oxygens (including phenoxy) is 2. The average Bonchev–Trinajstić information content (AvgIpc) is 2.69. The van der Waals surface area contributed by atoms with Gasteiger partial charge in [-0.15, -0.1) is 0 Å². The lowest BCUT2D eigenvalue weighted by Crippen LogP contribution is -2.23.